The Balaban J connectivity index is 1.93. The van der Waals surface area contributed by atoms with Crippen LogP contribution >= 0.6 is 0 Å². The third-order valence-corrected chi connectivity index (χ3v) is 3.94. The molecule has 0 radical (unpaired) electrons. The summed E-state index contributed by atoms with van der Waals surface area (Å²) >= 11 is 0. The van der Waals surface area contributed by atoms with Crippen LogP contribution in [0.2, 0.25) is 0 Å². The predicted molar refractivity (Wildman–Crippen MR) is 76.7 cm³/mol. The van der Waals surface area contributed by atoms with Crippen LogP contribution in [0.1, 0.15) is 31.2 Å². The minimum absolute atomic E-state index is 0.141. The molecule has 2 aromatic carbocycles. The van der Waals surface area contributed by atoms with Crippen LogP contribution in [0.4, 0.5) is 5.69 Å². The highest BCUT2D eigenvalue weighted by Gasteiger charge is 2.35. The lowest BCUT2D eigenvalue weighted by Crippen LogP contribution is -2.31. The van der Waals surface area contributed by atoms with Gasteiger partial charge in [-0.1, -0.05) is 61.4 Å². The molecule has 18 heavy (non-hydrogen) atoms. The van der Waals surface area contributed by atoms with E-state index in [0.29, 0.717) is 0 Å². The molecule has 0 spiro atoms. The normalized spacial score (nSPS) is 17.6. The van der Waals surface area contributed by atoms with Gasteiger partial charge in [-0.25, -0.2) is 0 Å². The molecule has 0 unspecified atom stereocenters. The van der Waals surface area contributed by atoms with E-state index >= 15 is 0 Å². The van der Waals surface area contributed by atoms with Crippen molar-refractivity contribution in [1.82, 2.24) is 0 Å². The summed E-state index contributed by atoms with van der Waals surface area (Å²) in [4.78, 5) is 0. The summed E-state index contributed by atoms with van der Waals surface area (Å²) in [6, 6.07) is 21.4. The summed E-state index contributed by atoms with van der Waals surface area (Å²) in [7, 11) is 0. The Morgan fingerprint density at radius 3 is 1.89 bits per heavy atom. The van der Waals surface area contributed by atoms with Crippen molar-refractivity contribution >= 4 is 5.69 Å². The second-order valence-electron chi connectivity index (χ2n) is 5.15. The van der Waals surface area contributed by atoms with Crippen molar-refractivity contribution in [2.75, 3.05) is 5.32 Å². The van der Waals surface area contributed by atoms with Gasteiger partial charge < -0.3 is 5.32 Å². The van der Waals surface area contributed by atoms with E-state index in [2.05, 4.69) is 66.0 Å². The minimum Gasteiger partial charge on any atom is -0.376 e. The number of benzene rings is 2. The second kappa shape index (κ2) is 4.85. The van der Waals surface area contributed by atoms with Crippen LogP contribution in [0, 0.1) is 0 Å². The molecule has 2 aromatic rings. The lowest BCUT2D eigenvalue weighted by Gasteiger charge is -2.32. The summed E-state index contributed by atoms with van der Waals surface area (Å²) in [6.07, 6.45) is 5.08. The van der Waals surface area contributed by atoms with Crippen molar-refractivity contribution < 1.29 is 0 Å². The molecule has 1 heteroatoms. The summed E-state index contributed by atoms with van der Waals surface area (Å²) in [5.41, 5.74) is 2.79. The van der Waals surface area contributed by atoms with E-state index in [1.54, 1.807) is 0 Å². The molecule has 1 fully saturated rings. The van der Waals surface area contributed by atoms with E-state index in [1.165, 1.54) is 36.9 Å². The SMILES string of the molecule is c1ccc(NC2(c3ccccc3)CCCC2)cc1. The first-order valence-electron chi connectivity index (χ1n) is 6.78. The van der Waals surface area contributed by atoms with E-state index < -0.39 is 0 Å². The summed E-state index contributed by atoms with van der Waals surface area (Å²) < 4.78 is 0. The molecule has 0 saturated heterocycles. The summed E-state index contributed by atoms with van der Waals surface area (Å²) in [5, 5.41) is 3.77. The van der Waals surface area contributed by atoms with Crippen LogP contribution < -0.4 is 5.32 Å². The molecule has 1 N–H and O–H groups in total. The fraction of sp³-hybridized carbons (Fsp3) is 0.294. The van der Waals surface area contributed by atoms with Gasteiger partial charge in [0.15, 0.2) is 0 Å². The van der Waals surface area contributed by atoms with E-state index in [4.69, 9.17) is 0 Å². The molecular weight excluding hydrogens is 218 g/mol. The number of hydrogen-bond acceptors (Lipinski definition) is 1. The van der Waals surface area contributed by atoms with Crippen LogP contribution in [0.25, 0.3) is 0 Å². The maximum Gasteiger partial charge on any atom is 0.0625 e. The molecule has 0 atom stereocenters. The van der Waals surface area contributed by atoms with Gasteiger partial charge in [-0.15, -0.1) is 0 Å². The third-order valence-electron chi connectivity index (χ3n) is 3.94. The number of rotatable bonds is 3. The molecule has 1 saturated carbocycles. The van der Waals surface area contributed by atoms with Crippen molar-refractivity contribution in [1.29, 1.82) is 0 Å². The molecule has 3 rings (SSSR count). The first kappa shape index (κ1) is 11.3. The zero-order chi connectivity index (χ0) is 12.3. The van der Waals surface area contributed by atoms with Crippen LogP contribution in [0.5, 0.6) is 0 Å². The second-order valence-corrected chi connectivity index (χ2v) is 5.15. The maximum absolute atomic E-state index is 3.77. The van der Waals surface area contributed by atoms with Gasteiger partial charge >= 0.3 is 0 Å². The van der Waals surface area contributed by atoms with Crippen LogP contribution in [0.3, 0.4) is 0 Å². The maximum atomic E-state index is 3.77. The van der Waals surface area contributed by atoms with Crippen molar-refractivity contribution in [3.8, 4) is 0 Å². The third kappa shape index (κ3) is 2.13. The van der Waals surface area contributed by atoms with Gasteiger partial charge in [0.25, 0.3) is 0 Å². The lowest BCUT2D eigenvalue weighted by molar-refractivity contribution is 0.509. The molecule has 0 aromatic heterocycles. The molecular formula is C17H19N. The number of anilines is 1. The number of hydrogen-bond donors (Lipinski definition) is 1. The fourth-order valence-corrected chi connectivity index (χ4v) is 3.02. The van der Waals surface area contributed by atoms with Crippen molar-refractivity contribution in [3.05, 3.63) is 66.2 Å². The Morgan fingerprint density at radius 2 is 1.28 bits per heavy atom. The fourth-order valence-electron chi connectivity index (χ4n) is 3.02. The average molecular weight is 237 g/mol. The first-order chi connectivity index (χ1) is 8.89. The largest absolute Gasteiger partial charge is 0.376 e. The summed E-state index contributed by atoms with van der Waals surface area (Å²) in [6.45, 7) is 0. The Bertz CT molecular complexity index is 484. The molecule has 92 valence electrons. The van der Waals surface area contributed by atoms with Crippen molar-refractivity contribution in [2.24, 2.45) is 0 Å². The van der Waals surface area contributed by atoms with Crippen LogP contribution in [-0.4, -0.2) is 0 Å². The molecule has 1 aliphatic rings. The molecule has 0 amide bonds. The van der Waals surface area contributed by atoms with Gasteiger partial charge in [0.1, 0.15) is 0 Å². The number of nitrogens with one attached hydrogen (secondary N) is 1. The van der Waals surface area contributed by atoms with E-state index in [1.807, 2.05) is 0 Å². The number of para-hydroxylation sites is 1. The average Bonchev–Trinajstić information content (AvgIpc) is 2.91. The smallest absolute Gasteiger partial charge is 0.0625 e. The van der Waals surface area contributed by atoms with E-state index in [9.17, 15) is 0 Å². The molecule has 0 bridgehead atoms. The van der Waals surface area contributed by atoms with Gasteiger partial charge in [-0.2, -0.15) is 0 Å². The first-order valence-corrected chi connectivity index (χ1v) is 6.78. The highest BCUT2D eigenvalue weighted by atomic mass is 15.0. The Kier molecular flexibility index (Phi) is 3.06. The van der Waals surface area contributed by atoms with Crippen molar-refractivity contribution in [2.45, 2.75) is 31.2 Å². The molecule has 0 heterocycles. The van der Waals surface area contributed by atoms with E-state index in [-0.39, 0.29) is 5.54 Å². The minimum atomic E-state index is 0.141. The zero-order valence-corrected chi connectivity index (χ0v) is 10.6. The quantitative estimate of drug-likeness (QED) is 0.824. The molecule has 1 aliphatic carbocycles. The monoisotopic (exact) mass is 237 g/mol. The van der Waals surface area contributed by atoms with Crippen molar-refractivity contribution in [3.63, 3.8) is 0 Å². The predicted octanol–water partition coefficient (Wildman–Crippen LogP) is 4.57. The highest BCUT2D eigenvalue weighted by Crippen LogP contribution is 2.41. The standard InChI is InChI=1S/C17H19N/c1-3-9-15(10-4-1)17(13-7-8-14-17)18-16-11-5-2-6-12-16/h1-6,9-12,18H,7-8,13-14H2. The Hall–Kier alpha value is -1.76. The van der Waals surface area contributed by atoms with Crippen LogP contribution in [-0.2, 0) is 5.54 Å². The Morgan fingerprint density at radius 1 is 0.722 bits per heavy atom. The zero-order valence-electron chi connectivity index (χ0n) is 10.6. The van der Waals surface area contributed by atoms with Gasteiger partial charge in [-0.05, 0) is 30.5 Å². The Labute approximate surface area is 109 Å². The molecule has 0 aliphatic heterocycles. The highest BCUT2D eigenvalue weighted by molar-refractivity contribution is 5.48. The van der Waals surface area contributed by atoms with Gasteiger partial charge in [0.2, 0.25) is 0 Å². The topological polar surface area (TPSA) is 12.0 Å². The van der Waals surface area contributed by atoms with Gasteiger partial charge in [0.05, 0.1) is 5.54 Å². The van der Waals surface area contributed by atoms with Crippen LogP contribution in [0.15, 0.2) is 60.7 Å². The van der Waals surface area contributed by atoms with Gasteiger partial charge in [0, 0.05) is 5.69 Å². The summed E-state index contributed by atoms with van der Waals surface area (Å²) in [5.74, 6) is 0. The molecule has 1 nitrogen and oxygen atoms in total. The van der Waals surface area contributed by atoms with E-state index in [0.717, 1.165) is 0 Å². The van der Waals surface area contributed by atoms with Gasteiger partial charge in [-0.3, -0.25) is 0 Å². The lowest BCUT2D eigenvalue weighted by atomic mass is 9.88.